The van der Waals surface area contributed by atoms with Gasteiger partial charge in [0.2, 0.25) is 0 Å². The number of carbonyl (C=O) groups is 1. The predicted molar refractivity (Wildman–Crippen MR) is 104 cm³/mol. The van der Waals surface area contributed by atoms with Gasteiger partial charge >= 0.3 is 0 Å². The number of imidazole rings is 1. The number of thiazole rings is 1. The maximum Gasteiger partial charge on any atom is 0.255 e. The molecule has 26 heavy (non-hydrogen) atoms. The Kier molecular flexibility index (Phi) is 3.51. The van der Waals surface area contributed by atoms with Crippen LogP contribution in [-0.4, -0.2) is 24.0 Å². The van der Waals surface area contributed by atoms with E-state index < -0.39 is 0 Å². The average molecular weight is 377 g/mol. The summed E-state index contributed by atoms with van der Waals surface area (Å²) in [5, 5.41) is 4.93. The van der Waals surface area contributed by atoms with Crippen LogP contribution in [0.3, 0.4) is 0 Å². The second kappa shape index (κ2) is 6.01. The molecule has 0 aliphatic carbocycles. The number of hydrogen-bond donors (Lipinski definition) is 1. The molecule has 3 aromatic heterocycles. The molecule has 5 aromatic rings. The number of anilines is 1. The second-order valence-corrected chi connectivity index (χ2v) is 7.12. The quantitative estimate of drug-likeness (QED) is 0.508. The molecule has 0 radical (unpaired) electrons. The first-order valence-electron chi connectivity index (χ1n) is 7.82. The number of nitrogens with one attached hydrogen (secondary N) is 1. The molecule has 3 heterocycles. The Labute approximate surface area is 156 Å². The minimum absolute atomic E-state index is 0.178. The lowest BCUT2D eigenvalue weighted by Gasteiger charge is -2.06. The van der Waals surface area contributed by atoms with E-state index in [4.69, 9.17) is 0 Å². The van der Waals surface area contributed by atoms with Gasteiger partial charge in [-0.05, 0) is 30.3 Å². The van der Waals surface area contributed by atoms with Crippen molar-refractivity contribution in [3.8, 4) is 11.3 Å². The molecule has 0 saturated carbocycles. The molecule has 0 aliphatic heterocycles. The minimum atomic E-state index is -0.178. The van der Waals surface area contributed by atoms with Gasteiger partial charge in [0.1, 0.15) is 11.0 Å². The number of carbonyl (C=O) groups excluding carboxylic acids is 1. The molecule has 0 aliphatic rings. The van der Waals surface area contributed by atoms with Crippen LogP contribution in [0, 0.1) is 0 Å². The van der Waals surface area contributed by atoms with Gasteiger partial charge in [0.25, 0.3) is 5.91 Å². The molecule has 1 amide bonds. The lowest BCUT2D eigenvalue weighted by Crippen LogP contribution is -2.11. The Morgan fingerprint density at radius 2 is 2.00 bits per heavy atom. The number of fused-ring (bicyclic) bond motifs is 2. The molecule has 2 aromatic carbocycles. The standard InChI is InChI=1S/C18H11N5OS2/c24-17(12-4-5-14-15(9-12)22-26-21-14)19-13-3-1-2-11(8-13)16-10-23-6-7-25-18(23)20-16/h1-10H,(H,19,24). The summed E-state index contributed by atoms with van der Waals surface area (Å²) in [5.41, 5.74) is 4.64. The lowest BCUT2D eigenvalue weighted by atomic mass is 10.1. The number of rotatable bonds is 3. The van der Waals surface area contributed by atoms with Crippen molar-refractivity contribution < 1.29 is 4.79 Å². The van der Waals surface area contributed by atoms with Crippen molar-refractivity contribution in [1.82, 2.24) is 18.1 Å². The van der Waals surface area contributed by atoms with Crippen LogP contribution in [0.4, 0.5) is 5.69 Å². The van der Waals surface area contributed by atoms with Gasteiger partial charge in [0.05, 0.1) is 17.4 Å². The molecule has 6 nitrogen and oxygen atoms in total. The van der Waals surface area contributed by atoms with Gasteiger partial charge in [-0.2, -0.15) is 8.75 Å². The van der Waals surface area contributed by atoms with E-state index >= 15 is 0 Å². The first-order chi connectivity index (χ1) is 12.8. The molecule has 0 spiro atoms. The van der Waals surface area contributed by atoms with Crippen molar-refractivity contribution in [2.75, 3.05) is 5.32 Å². The minimum Gasteiger partial charge on any atom is -0.322 e. The van der Waals surface area contributed by atoms with Gasteiger partial charge in [-0.1, -0.05) is 12.1 Å². The van der Waals surface area contributed by atoms with Crippen molar-refractivity contribution in [2.24, 2.45) is 0 Å². The van der Waals surface area contributed by atoms with E-state index in [-0.39, 0.29) is 5.91 Å². The zero-order valence-electron chi connectivity index (χ0n) is 13.3. The van der Waals surface area contributed by atoms with Crippen molar-refractivity contribution in [3.63, 3.8) is 0 Å². The Balaban J connectivity index is 1.43. The van der Waals surface area contributed by atoms with Crippen molar-refractivity contribution in [1.29, 1.82) is 0 Å². The third-order valence-electron chi connectivity index (χ3n) is 4.03. The van der Waals surface area contributed by atoms with Crippen molar-refractivity contribution in [3.05, 3.63) is 65.8 Å². The highest BCUT2D eigenvalue weighted by atomic mass is 32.1. The third kappa shape index (κ3) is 2.65. The summed E-state index contributed by atoms with van der Waals surface area (Å²) < 4.78 is 10.3. The highest BCUT2D eigenvalue weighted by molar-refractivity contribution is 7.15. The summed E-state index contributed by atoms with van der Waals surface area (Å²) >= 11 is 2.73. The molecule has 0 atom stereocenters. The molecule has 126 valence electrons. The van der Waals surface area contributed by atoms with E-state index in [1.807, 2.05) is 52.5 Å². The van der Waals surface area contributed by atoms with Crippen LogP contribution in [0.5, 0.6) is 0 Å². The summed E-state index contributed by atoms with van der Waals surface area (Å²) in [6.45, 7) is 0. The summed E-state index contributed by atoms with van der Waals surface area (Å²) in [6, 6.07) is 13.0. The van der Waals surface area contributed by atoms with E-state index in [0.717, 1.165) is 44.7 Å². The van der Waals surface area contributed by atoms with Gasteiger partial charge in [-0.15, -0.1) is 11.3 Å². The fraction of sp³-hybridized carbons (Fsp3) is 0. The molecule has 0 bridgehead atoms. The molecule has 1 N–H and O–H groups in total. The fourth-order valence-electron chi connectivity index (χ4n) is 2.75. The summed E-state index contributed by atoms with van der Waals surface area (Å²) in [5.74, 6) is -0.178. The number of nitrogens with zero attached hydrogens (tertiary/aromatic N) is 4. The number of benzene rings is 2. The summed E-state index contributed by atoms with van der Waals surface area (Å²) in [4.78, 5) is 18.1. The van der Waals surface area contributed by atoms with E-state index in [1.54, 1.807) is 23.5 Å². The first-order valence-corrected chi connectivity index (χ1v) is 9.43. The van der Waals surface area contributed by atoms with E-state index in [1.165, 1.54) is 0 Å². The lowest BCUT2D eigenvalue weighted by molar-refractivity contribution is 0.102. The first kappa shape index (κ1) is 15.2. The smallest absolute Gasteiger partial charge is 0.255 e. The Morgan fingerprint density at radius 1 is 1.08 bits per heavy atom. The fourth-order valence-corrected chi connectivity index (χ4v) is 3.97. The molecular weight excluding hydrogens is 366 g/mol. The van der Waals surface area contributed by atoms with E-state index in [2.05, 4.69) is 19.0 Å². The summed E-state index contributed by atoms with van der Waals surface area (Å²) in [7, 11) is 0. The topological polar surface area (TPSA) is 72.2 Å². The average Bonchev–Trinajstić information content (AvgIpc) is 3.36. The van der Waals surface area contributed by atoms with Crippen LogP contribution in [0.2, 0.25) is 0 Å². The van der Waals surface area contributed by atoms with E-state index in [0.29, 0.717) is 5.56 Å². The SMILES string of the molecule is O=C(Nc1cccc(-c2cn3ccsc3n2)c1)c1ccc2nsnc2c1. The monoisotopic (exact) mass is 377 g/mol. The van der Waals surface area contributed by atoms with Gasteiger partial charge in [0, 0.05) is 34.6 Å². The highest BCUT2D eigenvalue weighted by Gasteiger charge is 2.10. The normalized spacial score (nSPS) is 11.2. The Hall–Kier alpha value is -3.10. The van der Waals surface area contributed by atoms with Crippen LogP contribution >= 0.6 is 23.1 Å². The largest absolute Gasteiger partial charge is 0.322 e. The molecule has 0 fully saturated rings. The van der Waals surface area contributed by atoms with Gasteiger partial charge in [-0.25, -0.2) is 4.98 Å². The number of aromatic nitrogens is 4. The highest BCUT2D eigenvalue weighted by Crippen LogP contribution is 2.24. The zero-order chi connectivity index (χ0) is 17.5. The molecule has 0 unspecified atom stereocenters. The molecule has 5 rings (SSSR count). The maximum atomic E-state index is 12.6. The Bertz CT molecular complexity index is 1220. The van der Waals surface area contributed by atoms with E-state index in [9.17, 15) is 4.79 Å². The third-order valence-corrected chi connectivity index (χ3v) is 5.35. The number of amides is 1. The second-order valence-electron chi connectivity index (χ2n) is 5.72. The van der Waals surface area contributed by atoms with Crippen LogP contribution < -0.4 is 5.32 Å². The number of hydrogen-bond acceptors (Lipinski definition) is 6. The van der Waals surface area contributed by atoms with Gasteiger partial charge in [0.15, 0.2) is 4.96 Å². The zero-order valence-corrected chi connectivity index (χ0v) is 14.9. The predicted octanol–water partition coefficient (Wildman–Crippen LogP) is 4.32. The molecule has 0 saturated heterocycles. The van der Waals surface area contributed by atoms with Crippen LogP contribution in [0.1, 0.15) is 10.4 Å². The molecular formula is C18H11N5OS2. The van der Waals surface area contributed by atoms with Crippen LogP contribution in [-0.2, 0) is 0 Å². The van der Waals surface area contributed by atoms with Gasteiger partial charge in [-0.3, -0.25) is 9.20 Å². The summed E-state index contributed by atoms with van der Waals surface area (Å²) in [6.07, 6.45) is 3.96. The van der Waals surface area contributed by atoms with Gasteiger partial charge < -0.3 is 5.32 Å². The van der Waals surface area contributed by atoms with Crippen molar-refractivity contribution >= 4 is 50.7 Å². The van der Waals surface area contributed by atoms with Crippen molar-refractivity contribution in [2.45, 2.75) is 0 Å². The Morgan fingerprint density at radius 3 is 2.92 bits per heavy atom. The van der Waals surface area contributed by atoms with Crippen LogP contribution in [0.15, 0.2) is 60.2 Å². The maximum absolute atomic E-state index is 12.6. The molecule has 8 heteroatoms. The van der Waals surface area contributed by atoms with Crippen LogP contribution in [0.25, 0.3) is 27.3 Å².